The van der Waals surface area contributed by atoms with E-state index in [0.717, 1.165) is 77.8 Å². The van der Waals surface area contributed by atoms with Gasteiger partial charge in [0.25, 0.3) is 0 Å². The van der Waals surface area contributed by atoms with Crippen molar-refractivity contribution in [3.8, 4) is 35.1 Å². The van der Waals surface area contributed by atoms with Crippen molar-refractivity contribution >= 4 is 22.4 Å². The molecule has 8 heteroatoms. The highest BCUT2D eigenvalue weighted by molar-refractivity contribution is 5.82. The molecule has 3 heterocycles. The maximum absolute atomic E-state index is 5.66. The van der Waals surface area contributed by atoms with Gasteiger partial charge in [0.15, 0.2) is 0 Å². The Morgan fingerprint density at radius 3 is 2.60 bits per heavy atom. The van der Waals surface area contributed by atoms with Crippen LogP contribution in [0.4, 0.5) is 11.4 Å². The van der Waals surface area contributed by atoms with Crippen LogP contribution >= 0.6 is 0 Å². The van der Waals surface area contributed by atoms with Crippen LogP contribution in [0.3, 0.4) is 0 Å². The molecule has 0 unspecified atom stereocenters. The molecule has 0 aliphatic carbocycles. The number of likely N-dealkylation sites (tertiary alicyclic amines) is 1. The van der Waals surface area contributed by atoms with Crippen molar-refractivity contribution in [3.05, 3.63) is 55.0 Å². The van der Waals surface area contributed by atoms with Gasteiger partial charge in [-0.2, -0.15) is 5.10 Å². The molecule has 0 saturated carbocycles. The molecule has 5 rings (SSSR count). The third-order valence-corrected chi connectivity index (χ3v) is 6.43. The Balaban J connectivity index is 1.52. The van der Waals surface area contributed by atoms with E-state index in [4.69, 9.17) is 20.9 Å². The van der Waals surface area contributed by atoms with Gasteiger partial charge in [-0.3, -0.25) is 10.1 Å². The average Bonchev–Trinajstić information content (AvgIpc) is 3.60. The van der Waals surface area contributed by atoms with E-state index in [1.165, 1.54) is 0 Å². The van der Waals surface area contributed by atoms with Crippen LogP contribution in [0.2, 0.25) is 0 Å². The number of aromatic amines is 1. The van der Waals surface area contributed by atoms with Crippen molar-refractivity contribution in [2.75, 3.05) is 45.3 Å². The molecule has 0 bridgehead atoms. The smallest absolute Gasteiger partial charge is 0.124 e. The lowest BCUT2D eigenvalue weighted by Crippen LogP contribution is -2.31. The topological polar surface area (TPSA) is 79.4 Å². The van der Waals surface area contributed by atoms with Gasteiger partial charge in [-0.05, 0) is 31.2 Å². The molecule has 4 aromatic rings. The van der Waals surface area contributed by atoms with Crippen LogP contribution in [0.25, 0.3) is 22.3 Å². The number of hydrogen-bond donors (Lipinski definition) is 1. The number of rotatable bonds is 8. The number of fused-ring (bicyclic) bond motifs is 1. The maximum Gasteiger partial charge on any atom is 0.124 e. The molecule has 1 atom stereocenters. The molecule has 1 fully saturated rings. The number of nitrogens with one attached hydrogen (secondary N) is 1. The summed E-state index contributed by atoms with van der Waals surface area (Å²) in [5, 5.41) is 6.86. The summed E-state index contributed by atoms with van der Waals surface area (Å²) >= 11 is 0. The fourth-order valence-corrected chi connectivity index (χ4v) is 4.47. The molecular weight excluding hydrogens is 440 g/mol. The highest BCUT2D eigenvalue weighted by atomic mass is 16.5. The molecule has 1 aliphatic rings. The normalized spacial score (nSPS) is 15.7. The number of nitrogens with zero attached hydrogens (tertiary/aromatic N) is 5. The molecule has 1 aliphatic heterocycles. The zero-order valence-corrected chi connectivity index (χ0v) is 19.9. The van der Waals surface area contributed by atoms with Gasteiger partial charge >= 0.3 is 0 Å². The number of ether oxygens (including phenoxy) is 2. The summed E-state index contributed by atoms with van der Waals surface area (Å²) in [5.74, 6) is 4.71. The fraction of sp³-hybridized carbons (Fsp3) is 0.296. The first-order valence-electron chi connectivity index (χ1n) is 11.6. The van der Waals surface area contributed by atoms with Crippen LogP contribution in [0.5, 0.6) is 11.5 Å². The summed E-state index contributed by atoms with van der Waals surface area (Å²) in [7, 11) is 3.33. The Kier molecular flexibility index (Phi) is 6.51. The molecule has 0 radical (unpaired) electrons. The largest absolute Gasteiger partial charge is 0.497 e. The summed E-state index contributed by atoms with van der Waals surface area (Å²) in [4.78, 5) is 14.1. The van der Waals surface area contributed by atoms with Gasteiger partial charge in [-0.1, -0.05) is 0 Å². The SMILES string of the molecule is C#C[C@H]1CCN(CCN(c2cc(OC)cc(OC)c2)c2ccc3ncc(-c4cn[nH]c4)nc3c2)C1. The Hall–Kier alpha value is -4.09. The zero-order chi connectivity index (χ0) is 24.2. The van der Waals surface area contributed by atoms with Crippen molar-refractivity contribution in [2.45, 2.75) is 6.42 Å². The first kappa shape index (κ1) is 22.7. The monoisotopic (exact) mass is 468 g/mol. The van der Waals surface area contributed by atoms with Crippen LogP contribution in [0.15, 0.2) is 55.0 Å². The minimum absolute atomic E-state index is 0.331. The molecule has 2 aromatic carbocycles. The lowest BCUT2D eigenvalue weighted by molar-refractivity contribution is 0.342. The maximum atomic E-state index is 5.66. The predicted molar refractivity (Wildman–Crippen MR) is 137 cm³/mol. The second-order valence-electron chi connectivity index (χ2n) is 8.59. The van der Waals surface area contributed by atoms with Gasteiger partial charge < -0.3 is 19.3 Å². The number of aromatic nitrogens is 4. The molecule has 2 aromatic heterocycles. The number of benzene rings is 2. The number of hydrogen-bond acceptors (Lipinski definition) is 7. The Labute approximate surface area is 204 Å². The van der Waals surface area contributed by atoms with Crippen LogP contribution in [-0.4, -0.2) is 65.5 Å². The molecule has 35 heavy (non-hydrogen) atoms. The quantitative estimate of drug-likeness (QED) is 0.390. The lowest BCUT2D eigenvalue weighted by atomic mass is 10.1. The van der Waals surface area contributed by atoms with Crippen molar-refractivity contribution in [2.24, 2.45) is 5.92 Å². The van der Waals surface area contributed by atoms with Gasteiger partial charge in [-0.25, -0.2) is 4.98 Å². The van der Waals surface area contributed by atoms with E-state index in [-0.39, 0.29) is 0 Å². The second kappa shape index (κ2) is 10.0. The van der Waals surface area contributed by atoms with E-state index in [1.54, 1.807) is 26.6 Å². The number of methoxy groups -OCH3 is 2. The third-order valence-electron chi connectivity index (χ3n) is 6.43. The second-order valence-corrected chi connectivity index (χ2v) is 8.59. The number of terminal acetylenes is 1. The van der Waals surface area contributed by atoms with E-state index in [0.29, 0.717) is 5.92 Å². The number of H-pyrrole nitrogens is 1. The first-order valence-corrected chi connectivity index (χ1v) is 11.6. The van der Waals surface area contributed by atoms with Crippen molar-refractivity contribution in [1.29, 1.82) is 0 Å². The molecule has 178 valence electrons. The van der Waals surface area contributed by atoms with Crippen LogP contribution in [0.1, 0.15) is 6.42 Å². The predicted octanol–water partition coefficient (Wildman–Crippen LogP) is 4.13. The van der Waals surface area contributed by atoms with E-state index in [1.807, 2.05) is 30.5 Å². The van der Waals surface area contributed by atoms with E-state index in [9.17, 15) is 0 Å². The number of anilines is 2. The zero-order valence-electron chi connectivity index (χ0n) is 19.9. The summed E-state index contributed by atoms with van der Waals surface area (Å²) in [6.45, 7) is 3.61. The molecule has 0 amide bonds. The Bertz CT molecular complexity index is 1330. The third kappa shape index (κ3) is 4.91. The van der Waals surface area contributed by atoms with E-state index in [2.05, 4.69) is 43.0 Å². The summed E-state index contributed by atoms with van der Waals surface area (Å²) < 4.78 is 11.1. The fourth-order valence-electron chi connectivity index (χ4n) is 4.47. The summed E-state index contributed by atoms with van der Waals surface area (Å²) in [6, 6.07) is 12.1. The van der Waals surface area contributed by atoms with Gasteiger partial charge in [0.2, 0.25) is 0 Å². The molecule has 1 N–H and O–H groups in total. The van der Waals surface area contributed by atoms with Crippen LogP contribution in [0, 0.1) is 18.3 Å². The van der Waals surface area contributed by atoms with Gasteiger partial charge in [0.1, 0.15) is 11.5 Å². The molecule has 1 saturated heterocycles. The van der Waals surface area contributed by atoms with Gasteiger partial charge in [0, 0.05) is 66.9 Å². The Morgan fingerprint density at radius 2 is 1.91 bits per heavy atom. The molecule has 0 spiro atoms. The summed E-state index contributed by atoms with van der Waals surface area (Å²) in [5.41, 5.74) is 5.31. The van der Waals surface area contributed by atoms with Crippen molar-refractivity contribution in [3.63, 3.8) is 0 Å². The van der Waals surface area contributed by atoms with E-state index >= 15 is 0 Å². The molecular formula is C27H28N6O2. The van der Waals surface area contributed by atoms with Gasteiger partial charge in [0.05, 0.1) is 43.3 Å². The Morgan fingerprint density at radius 1 is 1.09 bits per heavy atom. The highest BCUT2D eigenvalue weighted by Crippen LogP contribution is 2.34. The van der Waals surface area contributed by atoms with Gasteiger partial charge in [-0.15, -0.1) is 12.3 Å². The minimum atomic E-state index is 0.331. The standard InChI is InChI=1S/C27H28N6O2/c1-4-19-7-8-32(18-19)9-10-33(22-11-23(34-2)14-24(12-22)35-3)21-5-6-25-26(13-21)31-27(17-28-25)20-15-29-30-16-20/h1,5-6,11-17,19H,7-10,18H2,2-3H3,(H,29,30)/t19-/m0/s1. The van der Waals surface area contributed by atoms with Crippen LogP contribution < -0.4 is 14.4 Å². The van der Waals surface area contributed by atoms with Crippen molar-refractivity contribution in [1.82, 2.24) is 25.1 Å². The van der Waals surface area contributed by atoms with E-state index < -0.39 is 0 Å². The minimum Gasteiger partial charge on any atom is -0.497 e. The molecule has 8 nitrogen and oxygen atoms in total. The highest BCUT2D eigenvalue weighted by Gasteiger charge is 2.22. The van der Waals surface area contributed by atoms with Crippen molar-refractivity contribution < 1.29 is 9.47 Å². The lowest BCUT2D eigenvalue weighted by Gasteiger charge is -2.28. The average molecular weight is 469 g/mol. The first-order chi connectivity index (χ1) is 17.2. The summed E-state index contributed by atoms with van der Waals surface area (Å²) in [6.07, 6.45) is 12.0. The van der Waals surface area contributed by atoms with Crippen LogP contribution in [-0.2, 0) is 0 Å².